The van der Waals surface area contributed by atoms with Crippen LogP contribution in [0.2, 0.25) is 0 Å². The minimum atomic E-state index is 0.0100. The number of carbonyl (C=O) groups excluding carboxylic acids is 1. The van der Waals surface area contributed by atoms with E-state index < -0.39 is 0 Å². The second-order valence-electron chi connectivity index (χ2n) is 5.43. The molecule has 1 fully saturated rings. The van der Waals surface area contributed by atoms with Gasteiger partial charge in [0.1, 0.15) is 0 Å². The van der Waals surface area contributed by atoms with Crippen LogP contribution < -0.4 is 5.32 Å². The van der Waals surface area contributed by atoms with Crippen molar-refractivity contribution >= 4 is 22.4 Å². The van der Waals surface area contributed by atoms with Crippen LogP contribution in [0.15, 0.2) is 0 Å². The maximum Gasteiger partial charge on any atom is 0.284 e. The van der Waals surface area contributed by atoms with Gasteiger partial charge in [0, 0.05) is 39.3 Å². The summed E-state index contributed by atoms with van der Waals surface area (Å²) in [7, 11) is 0. The number of nitrogens with one attached hydrogen (secondary N) is 1. The van der Waals surface area contributed by atoms with Crippen LogP contribution >= 0.6 is 11.3 Å². The molecule has 0 atom stereocenters. The normalized spacial score (nSPS) is 16.7. The van der Waals surface area contributed by atoms with Crippen LogP contribution in [0.3, 0.4) is 0 Å². The van der Waals surface area contributed by atoms with Crippen molar-refractivity contribution in [3.8, 4) is 0 Å². The molecule has 0 spiro atoms. The zero-order valence-corrected chi connectivity index (χ0v) is 13.2. The van der Waals surface area contributed by atoms with Crippen LogP contribution in [0.25, 0.3) is 0 Å². The van der Waals surface area contributed by atoms with Crippen LogP contribution in [-0.2, 0) is 0 Å². The second kappa shape index (κ2) is 6.99. The summed E-state index contributed by atoms with van der Waals surface area (Å²) in [4.78, 5) is 16.6. The van der Waals surface area contributed by atoms with Crippen molar-refractivity contribution < 1.29 is 4.79 Å². The number of carbonyl (C=O) groups is 1. The van der Waals surface area contributed by atoms with E-state index in [1.165, 1.54) is 11.3 Å². The number of piperazine rings is 1. The molecule has 0 bridgehead atoms. The molecule has 7 heteroatoms. The Labute approximate surface area is 124 Å². The Bertz CT molecular complexity index is 440. The van der Waals surface area contributed by atoms with Gasteiger partial charge in [-0.1, -0.05) is 25.2 Å². The molecular formula is C13H23N5OS. The molecule has 0 radical (unpaired) electrons. The molecule has 0 aromatic carbocycles. The zero-order chi connectivity index (χ0) is 14.5. The van der Waals surface area contributed by atoms with Crippen molar-refractivity contribution in [2.45, 2.75) is 20.8 Å². The van der Waals surface area contributed by atoms with E-state index in [4.69, 9.17) is 0 Å². The molecule has 1 aromatic heterocycles. The summed E-state index contributed by atoms with van der Waals surface area (Å²) < 4.78 is 0. The van der Waals surface area contributed by atoms with Crippen molar-refractivity contribution in [2.75, 3.05) is 44.6 Å². The third kappa shape index (κ3) is 3.89. The first-order valence-electron chi connectivity index (χ1n) is 7.19. The molecule has 20 heavy (non-hydrogen) atoms. The maximum atomic E-state index is 12.3. The summed E-state index contributed by atoms with van der Waals surface area (Å²) in [6.45, 7) is 11.8. The summed E-state index contributed by atoms with van der Waals surface area (Å²) in [5.74, 6) is 0.680. The maximum absolute atomic E-state index is 12.3. The molecule has 2 rings (SSSR count). The lowest BCUT2D eigenvalue weighted by Gasteiger charge is -2.35. The molecule has 1 N–H and O–H groups in total. The molecule has 1 aromatic rings. The van der Waals surface area contributed by atoms with Gasteiger partial charge < -0.3 is 10.2 Å². The molecule has 0 saturated carbocycles. The first-order valence-corrected chi connectivity index (χ1v) is 8.00. The predicted molar refractivity (Wildman–Crippen MR) is 81.3 cm³/mol. The van der Waals surface area contributed by atoms with Crippen LogP contribution in [0, 0.1) is 5.92 Å². The summed E-state index contributed by atoms with van der Waals surface area (Å²) >= 11 is 1.33. The highest BCUT2D eigenvalue weighted by Crippen LogP contribution is 2.17. The van der Waals surface area contributed by atoms with Gasteiger partial charge in [0.05, 0.1) is 0 Å². The van der Waals surface area contributed by atoms with Gasteiger partial charge >= 0.3 is 0 Å². The van der Waals surface area contributed by atoms with Gasteiger partial charge in [-0.05, 0) is 12.8 Å². The van der Waals surface area contributed by atoms with Crippen LogP contribution in [0.4, 0.5) is 5.13 Å². The molecular weight excluding hydrogens is 274 g/mol. The van der Waals surface area contributed by atoms with Crippen molar-refractivity contribution in [3.63, 3.8) is 0 Å². The van der Waals surface area contributed by atoms with Gasteiger partial charge in [-0.3, -0.25) is 9.69 Å². The van der Waals surface area contributed by atoms with Crippen molar-refractivity contribution in [3.05, 3.63) is 5.01 Å². The van der Waals surface area contributed by atoms with Gasteiger partial charge in [-0.25, -0.2) is 0 Å². The van der Waals surface area contributed by atoms with E-state index >= 15 is 0 Å². The third-order valence-electron chi connectivity index (χ3n) is 3.22. The molecule has 1 aliphatic rings. The van der Waals surface area contributed by atoms with Crippen molar-refractivity contribution in [1.82, 2.24) is 20.0 Å². The molecule has 6 nitrogen and oxygen atoms in total. The van der Waals surface area contributed by atoms with E-state index in [-0.39, 0.29) is 5.91 Å². The molecule has 0 unspecified atom stereocenters. The van der Waals surface area contributed by atoms with E-state index in [0.717, 1.165) is 39.3 Å². The number of hydrogen-bond acceptors (Lipinski definition) is 6. The largest absolute Gasteiger partial charge is 0.360 e. The summed E-state index contributed by atoms with van der Waals surface area (Å²) in [6.07, 6.45) is 0. The fourth-order valence-corrected chi connectivity index (χ4v) is 3.10. The topological polar surface area (TPSA) is 61.4 Å². The monoisotopic (exact) mass is 297 g/mol. The van der Waals surface area contributed by atoms with Crippen molar-refractivity contribution in [1.29, 1.82) is 0 Å². The number of anilines is 1. The average Bonchev–Trinajstić information content (AvgIpc) is 2.87. The van der Waals surface area contributed by atoms with Crippen LogP contribution in [0.5, 0.6) is 0 Å². The molecule has 1 amide bonds. The fourth-order valence-electron chi connectivity index (χ4n) is 2.32. The minimum absolute atomic E-state index is 0.0100. The number of hydrogen-bond donors (Lipinski definition) is 1. The summed E-state index contributed by atoms with van der Waals surface area (Å²) in [6, 6.07) is 0. The quantitative estimate of drug-likeness (QED) is 0.890. The Kier molecular flexibility index (Phi) is 5.31. The first-order chi connectivity index (χ1) is 9.60. The number of aromatic nitrogens is 2. The zero-order valence-electron chi connectivity index (χ0n) is 12.4. The number of amides is 1. The highest BCUT2D eigenvalue weighted by molar-refractivity contribution is 7.17. The highest BCUT2D eigenvalue weighted by atomic mass is 32.1. The lowest BCUT2D eigenvalue weighted by atomic mass is 10.2. The lowest BCUT2D eigenvalue weighted by molar-refractivity contribution is 0.0622. The van der Waals surface area contributed by atoms with Crippen molar-refractivity contribution in [2.24, 2.45) is 5.92 Å². The molecule has 112 valence electrons. The SMILES string of the molecule is CCNc1nnc(C(=O)N2CCN(CC(C)C)CC2)s1. The summed E-state index contributed by atoms with van der Waals surface area (Å²) in [5, 5.41) is 12.2. The fraction of sp³-hybridized carbons (Fsp3) is 0.769. The molecule has 2 heterocycles. The van der Waals surface area contributed by atoms with Gasteiger partial charge in [-0.15, -0.1) is 10.2 Å². The van der Waals surface area contributed by atoms with E-state index in [0.29, 0.717) is 16.1 Å². The average molecular weight is 297 g/mol. The van der Waals surface area contributed by atoms with E-state index in [1.54, 1.807) is 0 Å². The van der Waals surface area contributed by atoms with Gasteiger partial charge in [0.25, 0.3) is 5.91 Å². The molecule has 0 aliphatic carbocycles. The third-order valence-corrected chi connectivity index (χ3v) is 4.09. The first kappa shape index (κ1) is 15.2. The van der Waals surface area contributed by atoms with Crippen LogP contribution in [-0.4, -0.2) is 65.2 Å². The van der Waals surface area contributed by atoms with E-state index in [9.17, 15) is 4.79 Å². The van der Waals surface area contributed by atoms with Gasteiger partial charge in [0.2, 0.25) is 10.1 Å². The second-order valence-corrected chi connectivity index (χ2v) is 6.41. The van der Waals surface area contributed by atoms with E-state index in [2.05, 4.69) is 34.3 Å². The Hall–Kier alpha value is -1.21. The Balaban J connectivity index is 1.87. The highest BCUT2D eigenvalue weighted by Gasteiger charge is 2.24. The Morgan fingerprint density at radius 3 is 2.60 bits per heavy atom. The number of nitrogens with zero attached hydrogens (tertiary/aromatic N) is 4. The smallest absolute Gasteiger partial charge is 0.284 e. The standard InChI is InChI=1S/C13H23N5OS/c1-4-14-13-16-15-11(20-13)12(19)18-7-5-17(6-8-18)9-10(2)3/h10H,4-9H2,1-3H3,(H,14,16). The minimum Gasteiger partial charge on any atom is -0.360 e. The molecule has 1 aliphatic heterocycles. The van der Waals surface area contributed by atoms with E-state index in [1.807, 2.05) is 11.8 Å². The number of rotatable bonds is 5. The molecule has 1 saturated heterocycles. The lowest BCUT2D eigenvalue weighted by Crippen LogP contribution is -2.49. The van der Waals surface area contributed by atoms with Gasteiger partial charge in [-0.2, -0.15) is 0 Å². The van der Waals surface area contributed by atoms with Gasteiger partial charge in [0.15, 0.2) is 0 Å². The van der Waals surface area contributed by atoms with Crippen LogP contribution in [0.1, 0.15) is 30.6 Å². The predicted octanol–water partition coefficient (Wildman–Crippen LogP) is 1.38. The Morgan fingerprint density at radius 2 is 2.00 bits per heavy atom. The summed E-state index contributed by atoms with van der Waals surface area (Å²) in [5.41, 5.74) is 0. The Morgan fingerprint density at radius 1 is 1.30 bits per heavy atom.